The van der Waals surface area contributed by atoms with Crippen LogP contribution in [0.4, 0.5) is 0 Å². The van der Waals surface area contributed by atoms with Crippen molar-refractivity contribution in [3.8, 4) is 6.07 Å². The molecule has 14 heavy (non-hydrogen) atoms. The summed E-state index contributed by atoms with van der Waals surface area (Å²) in [6.07, 6.45) is 0. The van der Waals surface area contributed by atoms with Gasteiger partial charge in [0, 0.05) is 0 Å². The van der Waals surface area contributed by atoms with E-state index in [9.17, 15) is 8.42 Å². The molecule has 1 rings (SSSR count). The Balaban J connectivity index is 3.27. The Morgan fingerprint density at radius 2 is 2.07 bits per heavy atom. The number of rotatable bonds is 3. The number of sulfonamides is 1. The molecule has 0 aliphatic rings. The van der Waals surface area contributed by atoms with Gasteiger partial charge in [0.2, 0.25) is 0 Å². The largest absolute Gasteiger partial charge is 0.290 e. The van der Waals surface area contributed by atoms with Crippen LogP contribution in [0.3, 0.4) is 0 Å². The number of nitrogens with zero attached hydrogens (tertiary/aromatic N) is 1. The SMILES string of the molecule is CONS(=O)(=O)c1ccccc1C#N. The Labute approximate surface area is 81.9 Å². The molecule has 74 valence electrons. The fourth-order valence-corrected chi connectivity index (χ4v) is 1.92. The van der Waals surface area contributed by atoms with Crippen LogP contribution in [0.2, 0.25) is 0 Å². The number of hydrogen-bond acceptors (Lipinski definition) is 4. The third kappa shape index (κ3) is 2.09. The van der Waals surface area contributed by atoms with E-state index in [1.165, 1.54) is 25.3 Å². The number of nitriles is 1. The fraction of sp³-hybridized carbons (Fsp3) is 0.125. The first-order valence-corrected chi connectivity index (χ1v) is 5.14. The van der Waals surface area contributed by atoms with Gasteiger partial charge >= 0.3 is 0 Å². The molecule has 0 atom stereocenters. The zero-order chi connectivity index (χ0) is 10.6. The molecule has 0 heterocycles. The topological polar surface area (TPSA) is 79.2 Å². The minimum atomic E-state index is -3.75. The highest BCUT2D eigenvalue weighted by Crippen LogP contribution is 2.13. The van der Waals surface area contributed by atoms with Crippen LogP contribution in [0.1, 0.15) is 5.56 Å². The first-order valence-electron chi connectivity index (χ1n) is 3.65. The maximum absolute atomic E-state index is 11.4. The van der Waals surface area contributed by atoms with Gasteiger partial charge in [-0.15, -0.1) is 0 Å². The highest BCUT2D eigenvalue weighted by atomic mass is 32.2. The summed E-state index contributed by atoms with van der Waals surface area (Å²) in [7, 11) is -2.56. The van der Waals surface area contributed by atoms with Crippen LogP contribution in [-0.4, -0.2) is 15.5 Å². The third-order valence-corrected chi connectivity index (χ3v) is 2.81. The van der Waals surface area contributed by atoms with Crippen molar-refractivity contribution in [3.63, 3.8) is 0 Å². The van der Waals surface area contributed by atoms with E-state index in [2.05, 4.69) is 4.84 Å². The molecule has 5 nitrogen and oxygen atoms in total. The predicted molar refractivity (Wildman–Crippen MR) is 48.5 cm³/mol. The van der Waals surface area contributed by atoms with E-state index >= 15 is 0 Å². The van der Waals surface area contributed by atoms with E-state index in [1.54, 1.807) is 12.1 Å². The van der Waals surface area contributed by atoms with Crippen molar-refractivity contribution >= 4 is 10.0 Å². The van der Waals surface area contributed by atoms with Crippen LogP contribution >= 0.6 is 0 Å². The summed E-state index contributed by atoms with van der Waals surface area (Å²) in [4.78, 5) is 6.05. The van der Waals surface area contributed by atoms with E-state index in [-0.39, 0.29) is 10.5 Å². The molecule has 0 amide bonds. The fourth-order valence-electron chi connectivity index (χ4n) is 0.948. The molecule has 1 N–H and O–H groups in total. The summed E-state index contributed by atoms with van der Waals surface area (Å²) in [5.74, 6) is 0. The van der Waals surface area contributed by atoms with Crippen molar-refractivity contribution < 1.29 is 13.3 Å². The lowest BCUT2D eigenvalue weighted by Gasteiger charge is -2.04. The van der Waals surface area contributed by atoms with Crippen LogP contribution in [-0.2, 0) is 14.9 Å². The molecule has 0 saturated carbocycles. The maximum Gasteiger partial charge on any atom is 0.263 e. The van der Waals surface area contributed by atoms with Crippen LogP contribution in [0, 0.1) is 11.3 Å². The van der Waals surface area contributed by atoms with Gasteiger partial charge in [0.05, 0.1) is 12.7 Å². The van der Waals surface area contributed by atoms with E-state index in [4.69, 9.17) is 5.26 Å². The van der Waals surface area contributed by atoms with Crippen LogP contribution in [0.15, 0.2) is 29.2 Å². The van der Waals surface area contributed by atoms with Gasteiger partial charge in [-0.1, -0.05) is 17.0 Å². The lowest BCUT2D eigenvalue weighted by atomic mass is 10.2. The van der Waals surface area contributed by atoms with Gasteiger partial charge in [0.15, 0.2) is 0 Å². The minimum absolute atomic E-state index is 0.0806. The number of hydrogen-bond donors (Lipinski definition) is 1. The smallest absolute Gasteiger partial charge is 0.263 e. The number of benzene rings is 1. The quantitative estimate of drug-likeness (QED) is 0.735. The molecule has 0 aromatic heterocycles. The zero-order valence-corrected chi connectivity index (χ0v) is 8.21. The van der Waals surface area contributed by atoms with Crippen molar-refractivity contribution in [3.05, 3.63) is 29.8 Å². The molecule has 0 aliphatic carbocycles. The highest BCUT2D eigenvalue weighted by Gasteiger charge is 2.17. The van der Waals surface area contributed by atoms with Gasteiger partial charge in [-0.2, -0.15) is 5.26 Å². The van der Waals surface area contributed by atoms with E-state index in [0.29, 0.717) is 0 Å². The summed E-state index contributed by atoms with van der Waals surface area (Å²) in [5.41, 5.74) is 0.0806. The highest BCUT2D eigenvalue weighted by molar-refractivity contribution is 7.89. The second-order valence-corrected chi connectivity index (χ2v) is 4.01. The zero-order valence-electron chi connectivity index (χ0n) is 7.39. The molecule has 0 bridgehead atoms. The Morgan fingerprint density at radius 3 is 2.64 bits per heavy atom. The second kappa shape index (κ2) is 4.19. The summed E-state index contributed by atoms with van der Waals surface area (Å²) >= 11 is 0. The lowest BCUT2D eigenvalue weighted by Crippen LogP contribution is -2.23. The van der Waals surface area contributed by atoms with Crippen LogP contribution in [0.25, 0.3) is 0 Å². The van der Waals surface area contributed by atoms with E-state index in [0.717, 1.165) is 0 Å². The Morgan fingerprint density at radius 1 is 1.43 bits per heavy atom. The maximum atomic E-state index is 11.4. The molecule has 0 unspecified atom stereocenters. The van der Waals surface area contributed by atoms with E-state index < -0.39 is 10.0 Å². The summed E-state index contributed by atoms with van der Waals surface area (Å²) in [6, 6.07) is 7.66. The molecule has 1 aromatic carbocycles. The van der Waals surface area contributed by atoms with Crippen molar-refractivity contribution in [2.45, 2.75) is 4.90 Å². The lowest BCUT2D eigenvalue weighted by molar-refractivity contribution is 0.153. The average molecular weight is 212 g/mol. The molecule has 6 heteroatoms. The number of nitrogens with one attached hydrogen (secondary N) is 1. The summed E-state index contributed by atoms with van der Waals surface area (Å²) < 4.78 is 22.8. The molecule has 0 fully saturated rings. The van der Waals surface area contributed by atoms with Crippen molar-refractivity contribution in [1.82, 2.24) is 4.89 Å². The molecular formula is C8H8N2O3S. The molecule has 0 spiro atoms. The Bertz CT molecular complexity index is 462. The van der Waals surface area contributed by atoms with Crippen LogP contribution in [0.5, 0.6) is 0 Å². The third-order valence-electron chi connectivity index (χ3n) is 1.49. The van der Waals surface area contributed by atoms with Crippen molar-refractivity contribution in [2.75, 3.05) is 7.11 Å². The molecule has 0 saturated heterocycles. The average Bonchev–Trinajstić information content (AvgIpc) is 2.18. The van der Waals surface area contributed by atoms with Gasteiger partial charge in [0.1, 0.15) is 11.0 Å². The van der Waals surface area contributed by atoms with Gasteiger partial charge in [-0.3, -0.25) is 4.84 Å². The van der Waals surface area contributed by atoms with Gasteiger partial charge in [0.25, 0.3) is 10.0 Å². The van der Waals surface area contributed by atoms with Gasteiger partial charge in [-0.05, 0) is 12.1 Å². The van der Waals surface area contributed by atoms with Crippen LogP contribution < -0.4 is 4.89 Å². The second-order valence-electron chi connectivity index (χ2n) is 2.40. The van der Waals surface area contributed by atoms with Crippen molar-refractivity contribution in [2.24, 2.45) is 0 Å². The summed E-state index contributed by atoms with van der Waals surface area (Å²) in [5, 5.41) is 8.67. The van der Waals surface area contributed by atoms with Gasteiger partial charge < -0.3 is 0 Å². The molecule has 0 radical (unpaired) electrons. The standard InChI is InChI=1S/C8H8N2O3S/c1-13-10-14(11,12)8-5-3-2-4-7(8)6-9/h2-5,10H,1H3. The molecule has 0 aliphatic heterocycles. The Hall–Kier alpha value is -1.42. The predicted octanol–water partition coefficient (Wildman–Crippen LogP) is 0.398. The molecule has 1 aromatic rings. The first kappa shape index (κ1) is 10.7. The first-order chi connectivity index (χ1) is 6.61. The normalized spacial score (nSPS) is 10.9. The molecular weight excluding hydrogens is 204 g/mol. The van der Waals surface area contributed by atoms with E-state index in [1.807, 2.05) is 4.89 Å². The van der Waals surface area contributed by atoms with Crippen molar-refractivity contribution in [1.29, 1.82) is 5.26 Å². The minimum Gasteiger partial charge on any atom is -0.290 e. The monoisotopic (exact) mass is 212 g/mol. The van der Waals surface area contributed by atoms with Gasteiger partial charge in [-0.25, -0.2) is 8.42 Å². The Kier molecular flexibility index (Phi) is 3.19. The summed E-state index contributed by atoms with van der Waals surface area (Å²) in [6.45, 7) is 0.